The average Bonchev–Trinajstić information content (AvgIpc) is 2.25. The van der Waals surface area contributed by atoms with E-state index in [1.807, 2.05) is 20.8 Å². The molecular formula is C16H29NO2. The van der Waals surface area contributed by atoms with E-state index in [0.717, 1.165) is 25.7 Å². The molecule has 1 fully saturated rings. The van der Waals surface area contributed by atoms with E-state index >= 15 is 0 Å². The molecule has 3 nitrogen and oxygen atoms in total. The Morgan fingerprint density at radius 1 is 1.21 bits per heavy atom. The summed E-state index contributed by atoms with van der Waals surface area (Å²) in [6.45, 7) is 10.1. The number of alkyl carbamates (subject to hydrolysis) is 1. The molecule has 0 atom stereocenters. The van der Waals surface area contributed by atoms with Crippen LogP contribution in [0.2, 0.25) is 0 Å². The quantitative estimate of drug-likeness (QED) is 0.775. The van der Waals surface area contributed by atoms with Gasteiger partial charge >= 0.3 is 6.09 Å². The maximum Gasteiger partial charge on any atom is 0.407 e. The topological polar surface area (TPSA) is 38.3 Å². The molecule has 0 aromatic heterocycles. The van der Waals surface area contributed by atoms with Crippen molar-refractivity contribution in [2.75, 3.05) is 0 Å². The number of rotatable bonds is 3. The molecule has 0 unspecified atom stereocenters. The molecule has 19 heavy (non-hydrogen) atoms. The van der Waals surface area contributed by atoms with Gasteiger partial charge < -0.3 is 10.1 Å². The van der Waals surface area contributed by atoms with Crippen molar-refractivity contribution in [1.29, 1.82) is 0 Å². The summed E-state index contributed by atoms with van der Waals surface area (Å²) in [5.41, 5.74) is -0.415. The molecule has 0 heterocycles. The molecule has 1 amide bonds. The molecule has 0 bridgehead atoms. The predicted molar refractivity (Wildman–Crippen MR) is 79.1 cm³/mol. The lowest BCUT2D eigenvalue weighted by atomic mass is 9.85. The average molecular weight is 267 g/mol. The molecule has 0 spiro atoms. The smallest absolute Gasteiger partial charge is 0.407 e. The van der Waals surface area contributed by atoms with Crippen LogP contribution in [0.1, 0.15) is 60.3 Å². The van der Waals surface area contributed by atoms with Gasteiger partial charge in [-0.25, -0.2) is 4.79 Å². The number of nitrogens with one attached hydrogen (secondary N) is 1. The molecule has 0 saturated heterocycles. The van der Waals surface area contributed by atoms with Crippen LogP contribution in [0.3, 0.4) is 0 Å². The Morgan fingerprint density at radius 2 is 1.79 bits per heavy atom. The summed E-state index contributed by atoms with van der Waals surface area (Å²) in [6.07, 6.45) is 8.75. The van der Waals surface area contributed by atoms with Crippen molar-refractivity contribution in [2.45, 2.75) is 71.9 Å². The number of amides is 1. The first kappa shape index (κ1) is 16.1. The Hall–Kier alpha value is -0.990. The van der Waals surface area contributed by atoms with Crippen LogP contribution in [-0.2, 0) is 4.74 Å². The van der Waals surface area contributed by atoms with E-state index in [9.17, 15) is 4.79 Å². The number of hydrogen-bond acceptors (Lipinski definition) is 2. The van der Waals surface area contributed by atoms with Crippen LogP contribution in [0.4, 0.5) is 4.79 Å². The number of carbonyl (C=O) groups is 1. The van der Waals surface area contributed by atoms with Crippen molar-refractivity contribution in [3.8, 4) is 0 Å². The minimum atomic E-state index is -0.415. The minimum Gasteiger partial charge on any atom is -0.444 e. The van der Waals surface area contributed by atoms with E-state index in [1.165, 1.54) is 0 Å². The van der Waals surface area contributed by atoms with Gasteiger partial charge in [0.25, 0.3) is 0 Å². The van der Waals surface area contributed by atoms with E-state index in [0.29, 0.717) is 11.8 Å². The van der Waals surface area contributed by atoms with Crippen LogP contribution in [0.5, 0.6) is 0 Å². The summed E-state index contributed by atoms with van der Waals surface area (Å²) in [7, 11) is 0. The van der Waals surface area contributed by atoms with E-state index in [-0.39, 0.29) is 12.1 Å². The maximum atomic E-state index is 11.7. The van der Waals surface area contributed by atoms with Gasteiger partial charge in [-0.3, -0.25) is 0 Å². The number of ether oxygens (including phenoxy) is 1. The van der Waals surface area contributed by atoms with Gasteiger partial charge in [0.05, 0.1) is 0 Å². The second-order valence-corrected chi connectivity index (χ2v) is 6.89. The Balaban J connectivity index is 2.28. The number of hydrogen-bond donors (Lipinski definition) is 1. The molecule has 1 aliphatic rings. The van der Waals surface area contributed by atoms with E-state index in [4.69, 9.17) is 4.74 Å². The predicted octanol–water partition coefficient (Wildman–Crippen LogP) is 4.28. The van der Waals surface area contributed by atoms with Gasteiger partial charge in [-0.05, 0) is 58.3 Å². The highest BCUT2D eigenvalue weighted by atomic mass is 16.6. The summed E-state index contributed by atoms with van der Waals surface area (Å²) in [5.74, 6) is 1.30. The molecule has 0 aliphatic heterocycles. The zero-order chi connectivity index (χ0) is 14.5. The molecule has 1 N–H and O–H groups in total. The Bertz CT molecular complexity index is 307. The SMILES string of the molecule is CC(C)/C=C\C1CCC(NC(=O)OC(C)(C)C)CC1. The standard InChI is InChI=1S/C16H29NO2/c1-12(2)6-7-13-8-10-14(11-9-13)17-15(18)19-16(3,4)5/h6-7,12-14H,8-11H2,1-5H3,(H,17,18)/b7-6-. The van der Waals surface area contributed by atoms with Crippen LogP contribution in [0, 0.1) is 11.8 Å². The monoisotopic (exact) mass is 267 g/mol. The number of allylic oxidation sites excluding steroid dienone is 2. The van der Waals surface area contributed by atoms with Crippen LogP contribution < -0.4 is 5.32 Å². The summed E-state index contributed by atoms with van der Waals surface area (Å²) in [6, 6.07) is 0.276. The summed E-state index contributed by atoms with van der Waals surface area (Å²) >= 11 is 0. The Labute approximate surface area is 117 Å². The van der Waals surface area contributed by atoms with Gasteiger partial charge in [0, 0.05) is 6.04 Å². The molecular weight excluding hydrogens is 238 g/mol. The lowest BCUT2D eigenvalue weighted by Crippen LogP contribution is -2.40. The van der Waals surface area contributed by atoms with Gasteiger partial charge in [-0.1, -0.05) is 26.0 Å². The second-order valence-electron chi connectivity index (χ2n) is 6.89. The van der Waals surface area contributed by atoms with Gasteiger partial charge in [-0.15, -0.1) is 0 Å². The first-order valence-corrected chi connectivity index (χ1v) is 7.44. The van der Waals surface area contributed by atoms with Crippen LogP contribution in [0.15, 0.2) is 12.2 Å². The maximum absolute atomic E-state index is 11.7. The van der Waals surface area contributed by atoms with Crippen molar-refractivity contribution in [3.63, 3.8) is 0 Å². The fourth-order valence-corrected chi connectivity index (χ4v) is 2.31. The summed E-state index contributed by atoms with van der Waals surface area (Å²) in [5, 5.41) is 2.98. The molecule has 1 rings (SSSR count). The number of carbonyl (C=O) groups excluding carboxylic acids is 1. The van der Waals surface area contributed by atoms with Crippen molar-refractivity contribution in [3.05, 3.63) is 12.2 Å². The lowest BCUT2D eigenvalue weighted by Gasteiger charge is -2.29. The highest BCUT2D eigenvalue weighted by Crippen LogP contribution is 2.26. The second kappa shape index (κ2) is 6.97. The molecule has 3 heteroatoms. The zero-order valence-electron chi connectivity index (χ0n) is 13.0. The lowest BCUT2D eigenvalue weighted by molar-refractivity contribution is 0.0490. The fraction of sp³-hybridized carbons (Fsp3) is 0.812. The normalized spacial score (nSPS) is 24.7. The van der Waals surface area contributed by atoms with Crippen LogP contribution in [-0.4, -0.2) is 17.7 Å². The van der Waals surface area contributed by atoms with Crippen molar-refractivity contribution < 1.29 is 9.53 Å². The molecule has 0 radical (unpaired) electrons. The highest BCUT2D eigenvalue weighted by Gasteiger charge is 2.23. The fourth-order valence-electron chi connectivity index (χ4n) is 2.31. The summed E-state index contributed by atoms with van der Waals surface area (Å²) < 4.78 is 5.28. The highest BCUT2D eigenvalue weighted by molar-refractivity contribution is 5.68. The Kier molecular flexibility index (Phi) is 5.89. The van der Waals surface area contributed by atoms with E-state index < -0.39 is 5.60 Å². The first-order valence-electron chi connectivity index (χ1n) is 7.44. The van der Waals surface area contributed by atoms with E-state index in [1.54, 1.807) is 0 Å². The Morgan fingerprint density at radius 3 is 2.26 bits per heavy atom. The van der Waals surface area contributed by atoms with Gasteiger partial charge in [0.15, 0.2) is 0 Å². The zero-order valence-corrected chi connectivity index (χ0v) is 13.0. The van der Waals surface area contributed by atoms with Crippen LogP contribution >= 0.6 is 0 Å². The van der Waals surface area contributed by atoms with Gasteiger partial charge in [0.2, 0.25) is 0 Å². The molecule has 0 aromatic rings. The molecule has 0 aromatic carbocycles. The third-order valence-corrected chi connectivity index (χ3v) is 3.26. The van der Waals surface area contributed by atoms with Crippen molar-refractivity contribution in [2.24, 2.45) is 11.8 Å². The van der Waals surface area contributed by atoms with Crippen LogP contribution in [0.25, 0.3) is 0 Å². The van der Waals surface area contributed by atoms with Crippen molar-refractivity contribution in [1.82, 2.24) is 5.32 Å². The van der Waals surface area contributed by atoms with Crippen molar-refractivity contribution >= 4 is 6.09 Å². The molecule has 1 saturated carbocycles. The molecule has 110 valence electrons. The van der Waals surface area contributed by atoms with Gasteiger partial charge in [0.1, 0.15) is 5.60 Å². The largest absolute Gasteiger partial charge is 0.444 e. The summed E-state index contributed by atoms with van der Waals surface area (Å²) in [4.78, 5) is 11.7. The minimum absolute atomic E-state index is 0.276. The molecule has 1 aliphatic carbocycles. The van der Waals surface area contributed by atoms with E-state index in [2.05, 4.69) is 31.3 Å². The third kappa shape index (κ3) is 7.24. The third-order valence-electron chi connectivity index (χ3n) is 3.26. The van der Waals surface area contributed by atoms with Gasteiger partial charge in [-0.2, -0.15) is 0 Å². The first-order chi connectivity index (χ1) is 8.76.